The van der Waals surface area contributed by atoms with Crippen LogP contribution in [-0.2, 0) is 18.4 Å². The topological polar surface area (TPSA) is 72.2 Å². The summed E-state index contributed by atoms with van der Waals surface area (Å²) >= 11 is 0. The molecule has 4 rings (SSSR count). The van der Waals surface area contributed by atoms with Crippen LogP contribution in [0.5, 0.6) is 0 Å². The third kappa shape index (κ3) is 3.12. The highest BCUT2D eigenvalue weighted by atomic mass is 16.2. The molecule has 142 valence electrons. The van der Waals surface area contributed by atoms with Crippen LogP contribution in [0, 0.1) is 0 Å². The van der Waals surface area contributed by atoms with Crippen molar-refractivity contribution in [2.75, 3.05) is 19.6 Å². The number of benzene rings is 1. The highest BCUT2D eigenvalue weighted by molar-refractivity contribution is 6.07. The van der Waals surface area contributed by atoms with Crippen LogP contribution in [0.4, 0.5) is 0 Å². The monoisotopic (exact) mass is 367 g/mol. The average Bonchev–Trinajstić information content (AvgIpc) is 3.25. The number of para-hydroxylation sites is 1. The van der Waals surface area contributed by atoms with Crippen molar-refractivity contribution in [2.24, 2.45) is 7.05 Å². The lowest BCUT2D eigenvalue weighted by Gasteiger charge is -2.22. The van der Waals surface area contributed by atoms with Gasteiger partial charge in [-0.1, -0.05) is 25.1 Å². The molecular formula is C20H25N5O2. The molecular weight excluding hydrogens is 342 g/mol. The van der Waals surface area contributed by atoms with Gasteiger partial charge in [0.1, 0.15) is 12.1 Å². The van der Waals surface area contributed by atoms with Crippen LogP contribution in [0.2, 0.25) is 0 Å². The fraction of sp³-hybridized carbons (Fsp3) is 0.450. The number of fused-ring (bicyclic) bond motifs is 3. The van der Waals surface area contributed by atoms with Gasteiger partial charge in [0.2, 0.25) is 5.91 Å². The minimum atomic E-state index is -0.239. The van der Waals surface area contributed by atoms with Gasteiger partial charge in [-0.2, -0.15) is 5.10 Å². The van der Waals surface area contributed by atoms with Gasteiger partial charge in [-0.05, 0) is 32.0 Å². The second kappa shape index (κ2) is 7.15. The van der Waals surface area contributed by atoms with E-state index in [2.05, 4.69) is 22.2 Å². The third-order valence-electron chi connectivity index (χ3n) is 5.64. The second-order valence-corrected chi connectivity index (χ2v) is 7.17. The van der Waals surface area contributed by atoms with E-state index in [1.165, 1.54) is 11.1 Å². The molecule has 3 aromatic rings. The van der Waals surface area contributed by atoms with Crippen LogP contribution >= 0.6 is 0 Å². The molecule has 2 aromatic heterocycles. The largest absolute Gasteiger partial charge is 0.353 e. The molecule has 1 fully saturated rings. The van der Waals surface area contributed by atoms with Gasteiger partial charge < -0.3 is 9.88 Å². The molecule has 1 saturated heterocycles. The second-order valence-electron chi connectivity index (χ2n) is 7.17. The summed E-state index contributed by atoms with van der Waals surface area (Å²) in [7, 11) is 1.87. The van der Waals surface area contributed by atoms with Gasteiger partial charge in [-0.15, -0.1) is 0 Å². The molecule has 7 heteroatoms. The van der Waals surface area contributed by atoms with Crippen molar-refractivity contribution >= 4 is 27.7 Å². The molecule has 1 N–H and O–H groups in total. The number of carbonyl (C=O) groups excluding carboxylic acids is 1. The Kier molecular flexibility index (Phi) is 4.70. The van der Waals surface area contributed by atoms with Crippen LogP contribution in [0.25, 0.3) is 21.8 Å². The fourth-order valence-corrected chi connectivity index (χ4v) is 4.19. The van der Waals surface area contributed by atoms with Crippen molar-refractivity contribution in [3.8, 4) is 0 Å². The van der Waals surface area contributed by atoms with E-state index in [0.29, 0.717) is 18.1 Å². The van der Waals surface area contributed by atoms with Gasteiger partial charge in [0.25, 0.3) is 5.56 Å². The van der Waals surface area contributed by atoms with Gasteiger partial charge >= 0.3 is 0 Å². The van der Waals surface area contributed by atoms with Crippen molar-refractivity contribution in [3.63, 3.8) is 0 Å². The van der Waals surface area contributed by atoms with Crippen molar-refractivity contribution < 1.29 is 4.79 Å². The Hall–Kier alpha value is -2.67. The zero-order chi connectivity index (χ0) is 19.0. The Morgan fingerprint density at radius 1 is 1.30 bits per heavy atom. The number of likely N-dealkylation sites (N-methyl/N-ethyl adjacent to an activating group) is 1. The maximum Gasteiger partial charge on any atom is 0.291 e. The van der Waals surface area contributed by atoms with E-state index in [0.717, 1.165) is 35.8 Å². The number of hydrogen-bond acceptors (Lipinski definition) is 4. The van der Waals surface area contributed by atoms with Crippen molar-refractivity contribution in [1.29, 1.82) is 0 Å². The molecule has 0 radical (unpaired) electrons. The van der Waals surface area contributed by atoms with E-state index in [9.17, 15) is 9.59 Å². The van der Waals surface area contributed by atoms with Crippen LogP contribution in [0.1, 0.15) is 19.8 Å². The summed E-state index contributed by atoms with van der Waals surface area (Å²) in [5, 5.41) is 9.02. The molecule has 1 aliphatic rings. The lowest BCUT2D eigenvalue weighted by molar-refractivity contribution is -0.122. The van der Waals surface area contributed by atoms with Gasteiger partial charge in [0.05, 0.1) is 6.20 Å². The fourth-order valence-electron chi connectivity index (χ4n) is 4.19. The molecule has 7 nitrogen and oxygen atoms in total. The first kappa shape index (κ1) is 17.7. The van der Waals surface area contributed by atoms with Gasteiger partial charge in [-0.25, -0.2) is 4.68 Å². The summed E-state index contributed by atoms with van der Waals surface area (Å²) < 4.78 is 3.13. The summed E-state index contributed by atoms with van der Waals surface area (Å²) in [5.41, 5.74) is 1.32. The zero-order valence-electron chi connectivity index (χ0n) is 15.8. The number of aromatic nitrogens is 3. The number of carbonyl (C=O) groups is 1. The Morgan fingerprint density at radius 2 is 2.11 bits per heavy atom. The predicted octanol–water partition coefficient (Wildman–Crippen LogP) is 1.49. The van der Waals surface area contributed by atoms with Crippen molar-refractivity contribution in [3.05, 3.63) is 40.8 Å². The maximum absolute atomic E-state index is 12.9. The Bertz CT molecular complexity index is 1050. The van der Waals surface area contributed by atoms with E-state index in [1.807, 2.05) is 35.9 Å². The summed E-state index contributed by atoms with van der Waals surface area (Å²) in [6, 6.07) is 8.25. The molecule has 0 unspecified atom stereocenters. The maximum atomic E-state index is 12.9. The first-order chi connectivity index (χ1) is 13.1. The van der Waals surface area contributed by atoms with Gasteiger partial charge in [0.15, 0.2) is 0 Å². The normalized spacial score (nSPS) is 17.8. The van der Waals surface area contributed by atoms with E-state index in [4.69, 9.17) is 0 Å². The number of rotatable bonds is 5. The zero-order valence-corrected chi connectivity index (χ0v) is 15.8. The molecule has 0 spiro atoms. The van der Waals surface area contributed by atoms with E-state index >= 15 is 0 Å². The lowest BCUT2D eigenvalue weighted by atomic mass is 10.2. The van der Waals surface area contributed by atoms with E-state index in [-0.39, 0.29) is 18.0 Å². The highest BCUT2D eigenvalue weighted by Gasteiger charge is 2.23. The Labute approximate surface area is 157 Å². The van der Waals surface area contributed by atoms with Crippen LogP contribution < -0.4 is 10.9 Å². The summed E-state index contributed by atoms with van der Waals surface area (Å²) in [6.45, 7) is 4.80. The molecule has 3 heterocycles. The third-order valence-corrected chi connectivity index (χ3v) is 5.64. The number of hydrogen-bond donors (Lipinski definition) is 1. The van der Waals surface area contributed by atoms with Crippen molar-refractivity contribution in [1.82, 2.24) is 24.6 Å². The molecule has 1 atom stereocenters. The van der Waals surface area contributed by atoms with Crippen molar-refractivity contribution in [2.45, 2.75) is 32.4 Å². The number of likely N-dealkylation sites (tertiary alicyclic amines) is 1. The Balaban J connectivity index is 1.55. The lowest BCUT2D eigenvalue weighted by Crippen LogP contribution is -2.42. The first-order valence-electron chi connectivity index (χ1n) is 9.54. The van der Waals surface area contributed by atoms with Crippen LogP contribution in [0.3, 0.4) is 0 Å². The van der Waals surface area contributed by atoms with E-state index in [1.54, 1.807) is 6.20 Å². The molecule has 1 aliphatic heterocycles. The first-order valence-corrected chi connectivity index (χ1v) is 9.54. The molecule has 1 aromatic carbocycles. The van der Waals surface area contributed by atoms with Gasteiger partial charge in [0, 0.05) is 35.9 Å². The molecule has 0 aliphatic carbocycles. The van der Waals surface area contributed by atoms with Crippen LogP contribution in [0.15, 0.2) is 35.3 Å². The quantitative estimate of drug-likeness (QED) is 0.742. The SMILES string of the molecule is CCN1CCC[C@H]1CNC(=O)Cn1ncc2c3ccccc3n(C)c2c1=O. The highest BCUT2D eigenvalue weighted by Crippen LogP contribution is 2.24. The standard InChI is InChI=1S/C20H25N5O2/c1-3-24-10-6-7-14(24)11-21-18(26)13-25-20(27)19-16(12-22-25)15-8-4-5-9-17(15)23(19)2/h4-5,8-9,12,14H,3,6-7,10-11,13H2,1-2H3,(H,21,26)/t14-/m0/s1. The molecule has 0 bridgehead atoms. The average molecular weight is 367 g/mol. The minimum absolute atomic E-state index is 0.0604. The molecule has 27 heavy (non-hydrogen) atoms. The van der Waals surface area contributed by atoms with Crippen LogP contribution in [-0.4, -0.2) is 50.8 Å². The summed E-state index contributed by atoms with van der Waals surface area (Å²) in [5.74, 6) is -0.175. The number of nitrogens with zero attached hydrogens (tertiary/aromatic N) is 4. The number of nitrogens with one attached hydrogen (secondary N) is 1. The molecule has 1 amide bonds. The summed E-state index contributed by atoms with van der Waals surface area (Å²) in [6.07, 6.45) is 3.96. The smallest absolute Gasteiger partial charge is 0.291 e. The predicted molar refractivity (Wildman–Crippen MR) is 106 cm³/mol. The summed E-state index contributed by atoms with van der Waals surface area (Å²) in [4.78, 5) is 27.7. The Morgan fingerprint density at radius 3 is 2.93 bits per heavy atom. The number of amides is 1. The van der Waals surface area contributed by atoms with E-state index < -0.39 is 0 Å². The van der Waals surface area contributed by atoms with Gasteiger partial charge in [-0.3, -0.25) is 14.5 Å². The molecule has 0 saturated carbocycles. The number of aryl methyl sites for hydroxylation is 1. The minimum Gasteiger partial charge on any atom is -0.353 e.